The Labute approximate surface area is 118 Å². The van der Waals surface area contributed by atoms with Crippen LogP contribution in [0.15, 0.2) is 11.6 Å². The average Bonchev–Trinajstić information content (AvgIpc) is 2.94. The molecular weight excluding hydrogens is 287 g/mol. The summed E-state index contributed by atoms with van der Waals surface area (Å²) in [6.45, 7) is 2.94. The van der Waals surface area contributed by atoms with E-state index >= 15 is 0 Å². The highest BCUT2D eigenvalue weighted by Crippen LogP contribution is 2.32. The molecule has 0 saturated heterocycles. The number of aromatic nitrogens is 2. The van der Waals surface area contributed by atoms with E-state index in [0.717, 1.165) is 5.01 Å². The van der Waals surface area contributed by atoms with Crippen LogP contribution in [0.3, 0.4) is 0 Å². The number of esters is 1. The smallest absolute Gasteiger partial charge is 0.357 e. The maximum Gasteiger partial charge on any atom is 0.357 e. The second-order valence-corrected chi connectivity index (χ2v) is 6.49. The van der Waals surface area contributed by atoms with Gasteiger partial charge in [0.05, 0.1) is 7.11 Å². The molecule has 2 heterocycles. The number of carbonyl (C=O) groups excluding carboxylic acids is 1. The van der Waals surface area contributed by atoms with Gasteiger partial charge in [0, 0.05) is 22.9 Å². The van der Waals surface area contributed by atoms with Gasteiger partial charge in [0.25, 0.3) is 0 Å². The van der Waals surface area contributed by atoms with Gasteiger partial charge in [-0.2, -0.15) is 0 Å². The number of carbonyl (C=O) groups is 1. The predicted molar refractivity (Wildman–Crippen MR) is 73.5 cm³/mol. The summed E-state index contributed by atoms with van der Waals surface area (Å²) in [6, 6.07) is 0. The number of rotatable bonds is 4. The highest BCUT2D eigenvalue weighted by atomic mass is 32.1. The van der Waals surface area contributed by atoms with Crippen LogP contribution in [0.1, 0.15) is 29.2 Å². The molecule has 2 aromatic heterocycles. The zero-order chi connectivity index (χ0) is 14.0. The van der Waals surface area contributed by atoms with Crippen molar-refractivity contribution in [1.29, 1.82) is 0 Å². The number of ether oxygens (including phenoxy) is 1. The molecular formula is C12H13FN2O2S2. The molecule has 0 fully saturated rings. The highest BCUT2D eigenvalue weighted by Gasteiger charge is 2.26. The van der Waals surface area contributed by atoms with Crippen molar-refractivity contribution in [1.82, 2.24) is 9.97 Å². The Hall–Kier alpha value is -1.34. The average molecular weight is 300 g/mol. The third-order valence-electron chi connectivity index (χ3n) is 2.27. The molecule has 0 atom stereocenters. The summed E-state index contributed by atoms with van der Waals surface area (Å²) in [6.07, 6.45) is 1.79. The lowest BCUT2D eigenvalue weighted by molar-refractivity contribution is 0.0593. The van der Waals surface area contributed by atoms with Crippen molar-refractivity contribution in [3.05, 3.63) is 22.1 Å². The van der Waals surface area contributed by atoms with Crippen LogP contribution in [0.4, 0.5) is 4.39 Å². The van der Waals surface area contributed by atoms with E-state index in [2.05, 4.69) is 14.7 Å². The van der Waals surface area contributed by atoms with Gasteiger partial charge in [0.1, 0.15) is 5.67 Å². The Balaban J connectivity index is 2.42. The quantitative estimate of drug-likeness (QED) is 0.813. The van der Waals surface area contributed by atoms with E-state index in [1.54, 1.807) is 6.20 Å². The van der Waals surface area contributed by atoms with Crippen molar-refractivity contribution in [2.75, 3.05) is 7.11 Å². The fourth-order valence-corrected chi connectivity index (χ4v) is 3.47. The monoisotopic (exact) mass is 300 g/mol. The summed E-state index contributed by atoms with van der Waals surface area (Å²) in [5.74, 6) is -0.543. The molecule has 0 aliphatic rings. The van der Waals surface area contributed by atoms with E-state index < -0.39 is 11.6 Å². The van der Waals surface area contributed by atoms with Crippen LogP contribution in [0.5, 0.6) is 0 Å². The minimum absolute atomic E-state index is 0.125. The van der Waals surface area contributed by atoms with Crippen LogP contribution in [-0.4, -0.2) is 28.7 Å². The van der Waals surface area contributed by atoms with Crippen LogP contribution in [0, 0.1) is 0 Å². The molecule has 0 saturated carbocycles. The first-order valence-corrected chi connectivity index (χ1v) is 7.27. The van der Waals surface area contributed by atoms with Crippen LogP contribution >= 0.6 is 22.7 Å². The molecule has 7 heteroatoms. The first-order chi connectivity index (χ1) is 8.90. The van der Waals surface area contributed by atoms with Crippen LogP contribution in [-0.2, 0) is 11.2 Å². The van der Waals surface area contributed by atoms with Gasteiger partial charge in [-0.25, -0.2) is 19.2 Å². The van der Waals surface area contributed by atoms with Crippen molar-refractivity contribution in [2.45, 2.75) is 25.9 Å². The minimum Gasteiger partial charge on any atom is -0.464 e. The molecule has 2 rings (SSSR count). The number of thiazole rings is 2. The molecule has 0 spiro atoms. The molecule has 2 aromatic rings. The molecule has 19 heavy (non-hydrogen) atoms. The van der Waals surface area contributed by atoms with E-state index in [1.807, 2.05) is 5.38 Å². The van der Waals surface area contributed by atoms with E-state index in [4.69, 9.17) is 0 Å². The Morgan fingerprint density at radius 3 is 2.74 bits per heavy atom. The van der Waals surface area contributed by atoms with Gasteiger partial charge < -0.3 is 4.74 Å². The minimum atomic E-state index is -1.41. The predicted octanol–water partition coefficient (Wildman–Crippen LogP) is 3.34. The number of hydrogen-bond donors (Lipinski definition) is 0. The SMILES string of the molecule is COC(=O)c1nc(-c2nccs2)sc1CC(C)(C)F. The molecule has 0 aliphatic carbocycles. The first-order valence-electron chi connectivity index (χ1n) is 5.57. The molecule has 0 unspecified atom stereocenters. The fraction of sp³-hybridized carbons (Fsp3) is 0.417. The maximum atomic E-state index is 13.8. The molecule has 0 N–H and O–H groups in total. The molecule has 0 amide bonds. The molecule has 4 nitrogen and oxygen atoms in total. The van der Waals surface area contributed by atoms with E-state index in [1.165, 1.54) is 43.6 Å². The van der Waals surface area contributed by atoms with Crippen molar-refractivity contribution in [3.8, 4) is 10.0 Å². The normalized spacial score (nSPS) is 11.6. The van der Waals surface area contributed by atoms with Gasteiger partial charge in [-0.3, -0.25) is 0 Å². The standard InChI is InChI=1S/C12H13FN2O2S2/c1-12(2,13)6-7-8(11(16)17-3)15-10(19-7)9-14-4-5-18-9/h4-5H,6H2,1-3H3. The Bertz CT molecular complexity index is 573. The summed E-state index contributed by atoms with van der Waals surface area (Å²) in [5, 5.41) is 3.17. The zero-order valence-corrected chi connectivity index (χ0v) is 12.4. The lowest BCUT2D eigenvalue weighted by Crippen LogP contribution is -2.17. The molecule has 102 valence electrons. The number of nitrogens with zero attached hydrogens (tertiary/aromatic N) is 2. The van der Waals surface area contributed by atoms with E-state index in [9.17, 15) is 9.18 Å². The summed E-state index contributed by atoms with van der Waals surface area (Å²) < 4.78 is 18.5. The van der Waals surface area contributed by atoms with E-state index in [-0.39, 0.29) is 12.1 Å². The van der Waals surface area contributed by atoms with Crippen molar-refractivity contribution < 1.29 is 13.9 Å². The number of methoxy groups -OCH3 is 1. The maximum absolute atomic E-state index is 13.8. The summed E-state index contributed by atoms with van der Waals surface area (Å²) in [7, 11) is 1.29. The van der Waals surface area contributed by atoms with Gasteiger partial charge in [-0.05, 0) is 13.8 Å². The van der Waals surface area contributed by atoms with Crippen LogP contribution < -0.4 is 0 Å². The van der Waals surface area contributed by atoms with Gasteiger partial charge in [0.15, 0.2) is 15.7 Å². The van der Waals surface area contributed by atoms with Crippen molar-refractivity contribution >= 4 is 28.6 Å². The molecule has 0 aromatic carbocycles. The highest BCUT2D eigenvalue weighted by molar-refractivity contribution is 7.20. The topological polar surface area (TPSA) is 52.1 Å². The van der Waals surface area contributed by atoms with Gasteiger partial charge in [-0.15, -0.1) is 22.7 Å². The number of hydrogen-bond acceptors (Lipinski definition) is 6. The third kappa shape index (κ3) is 3.36. The van der Waals surface area contributed by atoms with Crippen LogP contribution in [0.2, 0.25) is 0 Å². The van der Waals surface area contributed by atoms with Crippen LogP contribution in [0.25, 0.3) is 10.0 Å². The summed E-state index contributed by atoms with van der Waals surface area (Å²) in [4.78, 5) is 20.6. The molecule has 0 bridgehead atoms. The molecule has 0 aliphatic heterocycles. The lowest BCUT2D eigenvalue weighted by atomic mass is 10.1. The van der Waals surface area contributed by atoms with E-state index in [0.29, 0.717) is 9.88 Å². The Morgan fingerprint density at radius 2 is 2.21 bits per heavy atom. The Kier molecular flexibility index (Phi) is 3.96. The third-order valence-corrected chi connectivity index (χ3v) is 4.24. The first kappa shape index (κ1) is 14.1. The largest absolute Gasteiger partial charge is 0.464 e. The molecule has 0 radical (unpaired) electrons. The summed E-state index contributed by atoms with van der Waals surface area (Å²) >= 11 is 2.71. The fourth-order valence-electron chi connectivity index (χ4n) is 1.53. The van der Waals surface area contributed by atoms with Crippen molar-refractivity contribution in [2.24, 2.45) is 0 Å². The number of halogens is 1. The van der Waals surface area contributed by atoms with Crippen molar-refractivity contribution in [3.63, 3.8) is 0 Å². The number of alkyl halides is 1. The Morgan fingerprint density at radius 1 is 1.47 bits per heavy atom. The zero-order valence-electron chi connectivity index (χ0n) is 10.8. The lowest BCUT2D eigenvalue weighted by Gasteiger charge is -2.12. The van der Waals surface area contributed by atoms with Gasteiger partial charge in [0.2, 0.25) is 0 Å². The second kappa shape index (κ2) is 5.34. The summed E-state index contributed by atoms with van der Waals surface area (Å²) in [5.41, 5.74) is -1.22. The van der Waals surface area contributed by atoms with Gasteiger partial charge >= 0.3 is 5.97 Å². The second-order valence-electron chi connectivity index (χ2n) is 4.52. The van der Waals surface area contributed by atoms with Gasteiger partial charge in [-0.1, -0.05) is 0 Å².